The highest BCUT2D eigenvalue weighted by Gasteiger charge is 2.14. The van der Waals surface area contributed by atoms with Crippen LogP contribution in [-0.2, 0) is 0 Å². The fourth-order valence-electron chi connectivity index (χ4n) is 0.990. The van der Waals surface area contributed by atoms with Gasteiger partial charge in [-0.05, 0) is 6.42 Å². The predicted octanol–water partition coefficient (Wildman–Crippen LogP) is -0.724. The number of nitrogens with one attached hydrogen (secondary N) is 2. The smallest absolute Gasteiger partial charge is 0.0789 e. The van der Waals surface area contributed by atoms with E-state index in [0.29, 0.717) is 6.17 Å². The Morgan fingerprint density at radius 1 is 1.44 bits per heavy atom. The van der Waals surface area contributed by atoms with Crippen molar-refractivity contribution in [3.05, 3.63) is 0 Å². The molecule has 0 aromatic rings. The second-order valence-corrected chi connectivity index (χ2v) is 2.43. The van der Waals surface area contributed by atoms with Gasteiger partial charge in [0.2, 0.25) is 0 Å². The number of hydrogen-bond acceptors (Lipinski definition) is 3. The van der Waals surface area contributed by atoms with E-state index >= 15 is 0 Å². The van der Waals surface area contributed by atoms with E-state index in [1.54, 1.807) is 0 Å². The molecule has 1 fully saturated rings. The number of rotatable bonds is 1. The predicted molar refractivity (Wildman–Crippen MR) is 36.1 cm³/mol. The van der Waals surface area contributed by atoms with Gasteiger partial charge in [0.05, 0.1) is 12.3 Å². The van der Waals surface area contributed by atoms with Crippen molar-refractivity contribution in [1.29, 1.82) is 0 Å². The second-order valence-electron chi connectivity index (χ2n) is 2.43. The third-order valence-corrected chi connectivity index (χ3v) is 1.61. The molecule has 0 spiro atoms. The zero-order valence-corrected chi connectivity index (χ0v) is 5.72. The Hall–Kier alpha value is -0.120. The van der Waals surface area contributed by atoms with Gasteiger partial charge in [-0.1, -0.05) is 6.92 Å². The van der Waals surface area contributed by atoms with E-state index in [9.17, 15) is 0 Å². The molecule has 3 heteroatoms. The summed E-state index contributed by atoms with van der Waals surface area (Å²) in [6, 6.07) is 0. The van der Waals surface area contributed by atoms with Crippen molar-refractivity contribution in [2.45, 2.75) is 25.6 Å². The van der Waals surface area contributed by atoms with Gasteiger partial charge in [0.1, 0.15) is 0 Å². The SMILES string of the molecule is CCC1NCC(O)CN1. The highest BCUT2D eigenvalue weighted by molar-refractivity contribution is 4.74. The highest BCUT2D eigenvalue weighted by atomic mass is 16.3. The first-order valence-corrected chi connectivity index (χ1v) is 3.47. The molecule has 1 rings (SSSR count). The lowest BCUT2D eigenvalue weighted by Crippen LogP contribution is -2.54. The minimum atomic E-state index is -0.201. The Morgan fingerprint density at radius 3 is 2.44 bits per heavy atom. The van der Waals surface area contributed by atoms with Crippen molar-refractivity contribution in [1.82, 2.24) is 10.6 Å². The topological polar surface area (TPSA) is 44.3 Å². The monoisotopic (exact) mass is 130 g/mol. The van der Waals surface area contributed by atoms with Crippen LogP contribution >= 0.6 is 0 Å². The van der Waals surface area contributed by atoms with Crippen molar-refractivity contribution in [3.8, 4) is 0 Å². The minimum Gasteiger partial charge on any atom is -0.390 e. The molecule has 3 N–H and O–H groups in total. The summed E-state index contributed by atoms with van der Waals surface area (Å²) in [4.78, 5) is 0. The fraction of sp³-hybridized carbons (Fsp3) is 1.00. The first kappa shape index (κ1) is 6.99. The van der Waals surface area contributed by atoms with Gasteiger partial charge in [-0.25, -0.2) is 0 Å². The summed E-state index contributed by atoms with van der Waals surface area (Å²) in [5.74, 6) is 0. The standard InChI is InChI=1S/C6H14N2O/c1-2-6-7-3-5(9)4-8-6/h5-9H,2-4H2,1H3. The average molecular weight is 130 g/mol. The van der Waals surface area contributed by atoms with Crippen LogP contribution in [0.3, 0.4) is 0 Å². The zero-order valence-electron chi connectivity index (χ0n) is 5.72. The van der Waals surface area contributed by atoms with Gasteiger partial charge < -0.3 is 5.11 Å². The molecule has 0 unspecified atom stereocenters. The highest BCUT2D eigenvalue weighted by Crippen LogP contribution is 1.92. The van der Waals surface area contributed by atoms with Crippen LogP contribution < -0.4 is 10.6 Å². The molecule has 0 aromatic carbocycles. The van der Waals surface area contributed by atoms with Crippen molar-refractivity contribution in [2.24, 2.45) is 0 Å². The van der Waals surface area contributed by atoms with Crippen molar-refractivity contribution >= 4 is 0 Å². The zero-order chi connectivity index (χ0) is 6.69. The van der Waals surface area contributed by atoms with E-state index in [1.807, 2.05) is 0 Å². The third-order valence-electron chi connectivity index (χ3n) is 1.61. The first-order chi connectivity index (χ1) is 4.33. The van der Waals surface area contributed by atoms with Gasteiger partial charge in [0.15, 0.2) is 0 Å². The van der Waals surface area contributed by atoms with Crippen molar-refractivity contribution in [2.75, 3.05) is 13.1 Å². The summed E-state index contributed by atoms with van der Waals surface area (Å²) in [7, 11) is 0. The van der Waals surface area contributed by atoms with E-state index in [1.165, 1.54) is 0 Å². The summed E-state index contributed by atoms with van der Waals surface area (Å²) in [5, 5.41) is 15.3. The van der Waals surface area contributed by atoms with Crippen LogP contribution in [0.15, 0.2) is 0 Å². The fourth-order valence-corrected chi connectivity index (χ4v) is 0.990. The van der Waals surface area contributed by atoms with Gasteiger partial charge in [0, 0.05) is 13.1 Å². The molecule has 1 heterocycles. The molecule has 3 nitrogen and oxygen atoms in total. The molecule has 0 aromatic heterocycles. The van der Waals surface area contributed by atoms with Crippen LogP contribution in [0.25, 0.3) is 0 Å². The van der Waals surface area contributed by atoms with Crippen LogP contribution in [0.4, 0.5) is 0 Å². The van der Waals surface area contributed by atoms with Gasteiger partial charge in [-0.15, -0.1) is 0 Å². The molecular formula is C6H14N2O. The number of aliphatic hydroxyl groups excluding tert-OH is 1. The largest absolute Gasteiger partial charge is 0.390 e. The molecule has 9 heavy (non-hydrogen) atoms. The molecule has 0 saturated carbocycles. The van der Waals surface area contributed by atoms with E-state index in [2.05, 4.69) is 17.6 Å². The molecular weight excluding hydrogens is 116 g/mol. The van der Waals surface area contributed by atoms with Crippen LogP contribution in [0.1, 0.15) is 13.3 Å². The quantitative estimate of drug-likeness (QED) is 0.439. The van der Waals surface area contributed by atoms with Crippen LogP contribution in [-0.4, -0.2) is 30.5 Å². The summed E-state index contributed by atoms with van der Waals surface area (Å²) >= 11 is 0. The van der Waals surface area contributed by atoms with Crippen molar-refractivity contribution in [3.63, 3.8) is 0 Å². The summed E-state index contributed by atoms with van der Waals surface area (Å²) in [5.41, 5.74) is 0. The molecule has 0 bridgehead atoms. The van der Waals surface area contributed by atoms with E-state index < -0.39 is 0 Å². The number of hydrogen-bond donors (Lipinski definition) is 3. The summed E-state index contributed by atoms with van der Waals surface area (Å²) in [6.45, 7) is 3.57. The molecule has 0 aliphatic carbocycles. The van der Waals surface area contributed by atoms with Crippen LogP contribution in [0, 0.1) is 0 Å². The number of aliphatic hydroxyl groups is 1. The second kappa shape index (κ2) is 3.15. The van der Waals surface area contributed by atoms with Gasteiger partial charge in [-0.3, -0.25) is 10.6 Å². The van der Waals surface area contributed by atoms with Gasteiger partial charge in [-0.2, -0.15) is 0 Å². The maximum atomic E-state index is 9.00. The molecule has 1 saturated heterocycles. The van der Waals surface area contributed by atoms with Crippen molar-refractivity contribution < 1.29 is 5.11 Å². The first-order valence-electron chi connectivity index (χ1n) is 3.47. The summed E-state index contributed by atoms with van der Waals surface area (Å²) in [6.07, 6.45) is 1.29. The van der Waals surface area contributed by atoms with Gasteiger partial charge >= 0.3 is 0 Å². The lowest BCUT2D eigenvalue weighted by Gasteiger charge is -2.27. The normalized spacial score (nSPS) is 36.7. The Kier molecular flexibility index (Phi) is 2.45. The maximum absolute atomic E-state index is 9.00. The molecule has 0 radical (unpaired) electrons. The molecule has 1 aliphatic rings. The lowest BCUT2D eigenvalue weighted by atomic mass is 10.2. The number of β-amino-alcohol motifs (C(OH)–C–C–N with tert-alkyl or cyclic N) is 1. The Labute approximate surface area is 55.5 Å². The lowest BCUT2D eigenvalue weighted by molar-refractivity contribution is 0.128. The Morgan fingerprint density at radius 2 is 2.00 bits per heavy atom. The maximum Gasteiger partial charge on any atom is 0.0789 e. The van der Waals surface area contributed by atoms with Crippen LogP contribution in [0.2, 0.25) is 0 Å². The Balaban J connectivity index is 2.18. The average Bonchev–Trinajstić information content (AvgIpc) is 1.90. The van der Waals surface area contributed by atoms with Crippen LogP contribution in [0.5, 0.6) is 0 Å². The summed E-state index contributed by atoms with van der Waals surface area (Å²) < 4.78 is 0. The molecule has 54 valence electrons. The van der Waals surface area contributed by atoms with E-state index in [-0.39, 0.29) is 6.10 Å². The van der Waals surface area contributed by atoms with Gasteiger partial charge in [0.25, 0.3) is 0 Å². The molecule has 0 amide bonds. The molecule has 1 aliphatic heterocycles. The van der Waals surface area contributed by atoms with E-state index in [4.69, 9.17) is 5.11 Å². The molecule has 0 atom stereocenters. The third kappa shape index (κ3) is 1.93. The minimum absolute atomic E-state index is 0.201. The van der Waals surface area contributed by atoms with E-state index in [0.717, 1.165) is 19.5 Å². The Bertz CT molecular complexity index is 79.1.